The molecule has 0 aliphatic carbocycles. The molecule has 0 saturated carbocycles. The molecule has 1 aromatic carbocycles. The molecule has 1 amide bonds. The van der Waals surface area contributed by atoms with Crippen LogP contribution in [0.5, 0.6) is 0 Å². The molecule has 1 N–H and O–H groups in total. The van der Waals surface area contributed by atoms with Crippen LogP contribution in [0.25, 0.3) is 0 Å². The number of Topliss-reactive ketones (excluding diaryl/α,β-unsaturated/α-hetero) is 1. The molecular formula is C12H13NO2. The second-order valence-corrected chi connectivity index (χ2v) is 3.73. The van der Waals surface area contributed by atoms with Crippen molar-refractivity contribution in [3.8, 4) is 0 Å². The van der Waals surface area contributed by atoms with Gasteiger partial charge in [0.2, 0.25) is 0 Å². The van der Waals surface area contributed by atoms with Gasteiger partial charge >= 0.3 is 0 Å². The largest absolute Gasteiger partial charge is 0.318 e. The first-order valence-electron chi connectivity index (χ1n) is 5.21. The Morgan fingerprint density at radius 1 is 1.27 bits per heavy atom. The maximum atomic E-state index is 11.6. The van der Waals surface area contributed by atoms with Gasteiger partial charge in [0.05, 0.1) is 11.3 Å². The van der Waals surface area contributed by atoms with Gasteiger partial charge in [-0.2, -0.15) is 0 Å². The molecule has 0 radical (unpaired) electrons. The average molecular weight is 203 g/mol. The number of hydrogen-bond donors (Lipinski definition) is 1. The quantitative estimate of drug-likeness (QED) is 0.765. The summed E-state index contributed by atoms with van der Waals surface area (Å²) < 4.78 is 0. The van der Waals surface area contributed by atoms with Crippen molar-refractivity contribution in [1.82, 2.24) is 0 Å². The zero-order valence-electron chi connectivity index (χ0n) is 8.67. The number of rotatable bonds is 3. The Morgan fingerprint density at radius 2 is 2.07 bits per heavy atom. The first-order chi connectivity index (χ1) is 7.24. The van der Waals surface area contributed by atoms with Gasteiger partial charge in [0.25, 0.3) is 11.7 Å². The average Bonchev–Trinajstić information content (AvgIpc) is 2.53. The lowest BCUT2D eigenvalue weighted by molar-refractivity contribution is -0.112. The molecule has 0 saturated heterocycles. The normalized spacial score (nSPS) is 13.9. The van der Waals surface area contributed by atoms with E-state index in [4.69, 9.17) is 0 Å². The van der Waals surface area contributed by atoms with Crippen LogP contribution >= 0.6 is 0 Å². The Morgan fingerprint density at radius 3 is 2.80 bits per heavy atom. The molecule has 0 unspecified atom stereocenters. The maximum absolute atomic E-state index is 11.6. The van der Waals surface area contributed by atoms with Crippen LogP contribution in [0, 0.1) is 0 Å². The topological polar surface area (TPSA) is 46.2 Å². The van der Waals surface area contributed by atoms with Crippen molar-refractivity contribution in [2.75, 3.05) is 5.32 Å². The lowest BCUT2D eigenvalue weighted by Crippen LogP contribution is -2.13. The van der Waals surface area contributed by atoms with Crippen molar-refractivity contribution >= 4 is 17.4 Å². The molecule has 1 aromatic rings. The third-order valence-electron chi connectivity index (χ3n) is 2.63. The van der Waals surface area contributed by atoms with Crippen LogP contribution in [-0.4, -0.2) is 11.7 Å². The molecule has 0 atom stereocenters. The monoisotopic (exact) mass is 203 g/mol. The Labute approximate surface area is 88.5 Å². The van der Waals surface area contributed by atoms with Crippen molar-refractivity contribution < 1.29 is 9.59 Å². The molecule has 0 fully saturated rings. The van der Waals surface area contributed by atoms with Gasteiger partial charge in [-0.05, 0) is 24.5 Å². The molecule has 0 spiro atoms. The fourth-order valence-electron chi connectivity index (χ4n) is 1.84. The van der Waals surface area contributed by atoms with Crippen LogP contribution in [0.4, 0.5) is 5.69 Å². The number of anilines is 1. The van der Waals surface area contributed by atoms with E-state index in [-0.39, 0.29) is 0 Å². The third kappa shape index (κ3) is 1.65. The lowest BCUT2D eigenvalue weighted by atomic mass is 9.99. The van der Waals surface area contributed by atoms with Gasteiger partial charge in [-0.25, -0.2) is 0 Å². The van der Waals surface area contributed by atoms with Gasteiger partial charge in [0, 0.05) is 0 Å². The predicted molar refractivity (Wildman–Crippen MR) is 58.0 cm³/mol. The SMILES string of the molecule is CCCCc1cccc2c1C(=O)C(=O)N2. The van der Waals surface area contributed by atoms with E-state index < -0.39 is 11.7 Å². The molecule has 0 aromatic heterocycles. The summed E-state index contributed by atoms with van der Waals surface area (Å²) in [5.74, 6) is -0.898. The number of nitrogens with one attached hydrogen (secondary N) is 1. The number of ketones is 1. The molecule has 3 heteroatoms. The van der Waals surface area contributed by atoms with Gasteiger partial charge < -0.3 is 5.32 Å². The summed E-state index contributed by atoms with van der Waals surface area (Å²) in [5.41, 5.74) is 2.23. The van der Waals surface area contributed by atoms with Gasteiger partial charge in [-0.15, -0.1) is 0 Å². The Balaban J connectivity index is 2.38. The Hall–Kier alpha value is -1.64. The molecule has 2 rings (SSSR count). The Bertz CT molecular complexity index is 424. The summed E-state index contributed by atoms with van der Waals surface area (Å²) >= 11 is 0. The molecule has 1 heterocycles. The summed E-state index contributed by atoms with van der Waals surface area (Å²) in [6, 6.07) is 5.57. The number of fused-ring (bicyclic) bond motifs is 1. The maximum Gasteiger partial charge on any atom is 0.296 e. The van der Waals surface area contributed by atoms with E-state index in [9.17, 15) is 9.59 Å². The highest BCUT2D eigenvalue weighted by molar-refractivity contribution is 6.52. The highest BCUT2D eigenvalue weighted by Crippen LogP contribution is 2.27. The van der Waals surface area contributed by atoms with E-state index >= 15 is 0 Å². The first-order valence-corrected chi connectivity index (χ1v) is 5.21. The molecule has 1 aliphatic rings. The van der Waals surface area contributed by atoms with E-state index in [0.29, 0.717) is 11.3 Å². The van der Waals surface area contributed by atoms with Crippen molar-refractivity contribution in [2.24, 2.45) is 0 Å². The first kappa shape index (κ1) is 9.90. The molecule has 1 aliphatic heterocycles. The number of benzene rings is 1. The summed E-state index contributed by atoms with van der Waals surface area (Å²) in [6.45, 7) is 2.11. The minimum absolute atomic E-state index is 0.392. The fraction of sp³-hybridized carbons (Fsp3) is 0.333. The van der Waals surface area contributed by atoms with Crippen molar-refractivity contribution in [2.45, 2.75) is 26.2 Å². The predicted octanol–water partition coefficient (Wildman–Crippen LogP) is 2.16. The summed E-state index contributed by atoms with van der Waals surface area (Å²) in [5, 5.41) is 2.58. The van der Waals surface area contributed by atoms with Crippen molar-refractivity contribution in [1.29, 1.82) is 0 Å². The molecular weight excluding hydrogens is 190 g/mol. The Kier molecular flexibility index (Phi) is 2.54. The number of carbonyl (C=O) groups is 2. The zero-order valence-corrected chi connectivity index (χ0v) is 8.67. The highest BCUT2D eigenvalue weighted by atomic mass is 16.2. The number of aryl methyl sites for hydroxylation is 1. The van der Waals surface area contributed by atoms with Gasteiger partial charge in [0.1, 0.15) is 0 Å². The molecule has 15 heavy (non-hydrogen) atoms. The third-order valence-corrected chi connectivity index (χ3v) is 2.63. The number of carbonyl (C=O) groups excluding carboxylic acids is 2. The smallest absolute Gasteiger partial charge is 0.296 e. The number of unbranched alkanes of at least 4 members (excludes halogenated alkanes) is 1. The van der Waals surface area contributed by atoms with Gasteiger partial charge in [-0.1, -0.05) is 25.5 Å². The van der Waals surface area contributed by atoms with Gasteiger partial charge in [-0.3, -0.25) is 9.59 Å². The molecule has 0 bridgehead atoms. The number of hydrogen-bond acceptors (Lipinski definition) is 2. The van der Waals surface area contributed by atoms with E-state index in [0.717, 1.165) is 24.8 Å². The summed E-state index contributed by atoms with van der Waals surface area (Å²) in [6.07, 6.45) is 2.98. The molecule has 78 valence electrons. The minimum Gasteiger partial charge on any atom is -0.318 e. The highest BCUT2D eigenvalue weighted by Gasteiger charge is 2.29. The van der Waals surface area contributed by atoms with Crippen LogP contribution in [0.3, 0.4) is 0 Å². The van der Waals surface area contributed by atoms with E-state index in [2.05, 4.69) is 12.2 Å². The van der Waals surface area contributed by atoms with Gasteiger partial charge in [0.15, 0.2) is 0 Å². The summed E-state index contributed by atoms with van der Waals surface area (Å²) in [7, 11) is 0. The lowest BCUT2D eigenvalue weighted by Gasteiger charge is -2.04. The fourth-order valence-corrected chi connectivity index (χ4v) is 1.84. The number of amides is 1. The van der Waals surface area contributed by atoms with E-state index in [1.165, 1.54) is 0 Å². The minimum atomic E-state index is -0.506. The zero-order chi connectivity index (χ0) is 10.8. The van der Waals surface area contributed by atoms with Crippen LogP contribution < -0.4 is 5.32 Å². The van der Waals surface area contributed by atoms with Crippen LogP contribution in [0.2, 0.25) is 0 Å². The van der Waals surface area contributed by atoms with Crippen molar-refractivity contribution in [3.63, 3.8) is 0 Å². The molecule has 3 nitrogen and oxygen atoms in total. The van der Waals surface area contributed by atoms with Crippen LogP contribution in [0.1, 0.15) is 35.7 Å². The van der Waals surface area contributed by atoms with E-state index in [1.54, 1.807) is 6.07 Å². The van der Waals surface area contributed by atoms with Crippen molar-refractivity contribution in [3.05, 3.63) is 29.3 Å². The summed E-state index contributed by atoms with van der Waals surface area (Å²) in [4.78, 5) is 22.8. The standard InChI is InChI=1S/C12H13NO2/c1-2-3-5-8-6-4-7-9-10(8)11(14)12(15)13-9/h4,6-7H,2-3,5H2,1H3,(H,13,14,15). The second-order valence-electron chi connectivity index (χ2n) is 3.73. The van der Waals surface area contributed by atoms with E-state index in [1.807, 2.05) is 12.1 Å². The second kappa shape index (κ2) is 3.85. The van der Waals surface area contributed by atoms with Crippen LogP contribution in [0.15, 0.2) is 18.2 Å². The van der Waals surface area contributed by atoms with Crippen LogP contribution in [-0.2, 0) is 11.2 Å².